The highest BCUT2D eigenvalue weighted by molar-refractivity contribution is 7.80. The van der Waals surface area contributed by atoms with Crippen molar-refractivity contribution in [3.05, 3.63) is 24.3 Å². The van der Waals surface area contributed by atoms with Crippen LogP contribution in [0.1, 0.15) is 44.9 Å². The Morgan fingerprint density at radius 2 is 1.75 bits per heavy atom. The Labute approximate surface area is 123 Å². The van der Waals surface area contributed by atoms with Crippen molar-refractivity contribution >= 4 is 22.6 Å². The van der Waals surface area contributed by atoms with Crippen molar-refractivity contribution in [1.29, 1.82) is 0 Å². The summed E-state index contributed by atoms with van der Waals surface area (Å²) in [5.41, 5.74) is 1.71. The minimum absolute atomic E-state index is 0.651. The SMILES string of the molecule is O=S(O)Nc1ccc(NCCCC2CCCCC2)cc1. The predicted octanol–water partition coefficient (Wildman–Crippen LogP) is 4.01. The van der Waals surface area contributed by atoms with Crippen LogP contribution in [0.3, 0.4) is 0 Å². The first-order valence-electron chi connectivity index (χ1n) is 7.45. The van der Waals surface area contributed by atoms with E-state index in [1.165, 1.54) is 44.9 Å². The van der Waals surface area contributed by atoms with E-state index in [1.54, 1.807) is 12.1 Å². The van der Waals surface area contributed by atoms with Crippen molar-refractivity contribution in [2.75, 3.05) is 16.6 Å². The van der Waals surface area contributed by atoms with Crippen LogP contribution in [0.2, 0.25) is 0 Å². The molecular formula is C15H24N2O2S. The summed E-state index contributed by atoms with van der Waals surface area (Å²) in [6.07, 6.45) is 9.63. The van der Waals surface area contributed by atoms with Gasteiger partial charge < -0.3 is 5.32 Å². The molecule has 1 aliphatic rings. The summed E-state index contributed by atoms with van der Waals surface area (Å²) in [5.74, 6) is 0.941. The van der Waals surface area contributed by atoms with E-state index in [-0.39, 0.29) is 0 Å². The molecule has 0 aromatic heterocycles. The maximum atomic E-state index is 10.6. The van der Waals surface area contributed by atoms with Crippen LogP contribution in [0, 0.1) is 5.92 Å². The van der Waals surface area contributed by atoms with Gasteiger partial charge >= 0.3 is 0 Å². The summed E-state index contributed by atoms with van der Waals surface area (Å²) in [4.78, 5) is 0. The topological polar surface area (TPSA) is 61.4 Å². The summed E-state index contributed by atoms with van der Waals surface area (Å²) in [5, 5.41) is 3.40. The molecule has 0 spiro atoms. The van der Waals surface area contributed by atoms with E-state index >= 15 is 0 Å². The van der Waals surface area contributed by atoms with Gasteiger partial charge in [-0.25, -0.2) is 4.21 Å². The molecule has 0 bridgehead atoms. The van der Waals surface area contributed by atoms with Crippen LogP contribution in [-0.4, -0.2) is 15.3 Å². The van der Waals surface area contributed by atoms with Gasteiger partial charge in [0.1, 0.15) is 0 Å². The largest absolute Gasteiger partial charge is 0.385 e. The number of hydrogen-bond donors (Lipinski definition) is 3. The highest BCUT2D eigenvalue weighted by Crippen LogP contribution is 2.27. The average Bonchev–Trinajstić information content (AvgIpc) is 2.46. The maximum absolute atomic E-state index is 10.6. The Hall–Kier alpha value is -1.07. The fourth-order valence-corrected chi connectivity index (χ4v) is 3.19. The molecule has 3 N–H and O–H groups in total. The van der Waals surface area contributed by atoms with E-state index in [9.17, 15) is 4.21 Å². The molecule has 0 heterocycles. The lowest BCUT2D eigenvalue weighted by molar-refractivity contribution is 0.335. The molecule has 1 atom stereocenters. The quantitative estimate of drug-likeness (QED) is 0.526. The van der Waals surface area contributed by atoms with Gasteiger partial charge in [-0.3, -0.25) is 9.27 Å². The maximum Gasteiger partial charge on any atom is 0.259 e. The average molecular weight is 296 g/mol. The van der Waals surface area contributed by atoms with Crippen LogP contribution >= 0.6 is 0 Å². The van der Waals surface area contributed by atoms with Crippen LogP contribution in [0.25, 0.3) is 0 Å². The van der Waals surface area contributed by atoms with Crippen LogP contribution in [-0.2, 0) is 11.3 Å². The van der Waals surface area contributed by atoms with E-state index in [0.29, 0.717) is 5.69 Å². The van der Waals surface area contributed by atoms with E-state index in [4.69, 9.17) is 4.55 Å². The lowest BCUT2D eigenvalue weighted by atomic mass is 9.86. The van der Waals surface area contributed by atoms with Gasteiger partial charge in [0.25, 0.3) is 11.3 Å². The molecule has 4 nitrogen and oxygen atoms in total. The van der Waals surface area contributed by atoms with Crippen LogP contribution in [0.4, 0.5) is 11.4 Å². The van der Waals surface area contributed by atoms with E-state index in [0.717, 1.165) is 18.2 Å². The third kappa shape index (κ3) is 5.51. The van der Waals surface area contributed by atoms with Crippen molar-refractivity contribution < 1.29 is 8.76 Å². The number of hydrogen-bond acceptors (Lipinski definition) is 2. The molecule has 0 aliphatic heterocycles. The molecule has 112 valence electrons. The lowest BCUT2D eigenvalue weighted by Crippen LogP contribution is -2.09. The second-order valence-corrected chi connectivity index (χ2v) is 6.20. The number of rotatable bonds is 7. The monoisotopic (exact) mass is 296 g/mol. The predicted molar refractivity (Wildman–Crippen MR) is 85.1 cm³/mol. The van der Waals surface area contributed by atoms with Crippen LogP contribution in [0.5, 0.6) is 0 Å². The van der Waals surface area contributed by atoms with Crippen molar-refractivity contribution in [3.63, 3.8) is 0 Å². The first kappa shape index (κ1) is 15.3. The standard InChI is InChI=1S/C15H24N2O2S/c18-20(19)17-15-10-8-14(9-11-15)16-12-4-7-13-5-2-1-3-6-13/h8-11,13,16-17H,1-7,12H2,(H,18,19). The second kappa shape index (κ2) is 8.27. The van der Waals surface area contributed by atoms with E-state index in [2.05, 4.69) is 10.0 Å². The minimum atomic E-state index is -2.00. The zero-order valence-corrected chi connectivity index (χ0v) is 12.6. The van der Waals surface area contributed by atoms with Crippen LogP contribution < -0.4 is 10.0 Å². The molecule has 5 heteroatoms. The first-order chi connectivity index (χ1) is 9.74. The fourth-order valence-electron chi connectivity index (χ4n) is 2.86. The van der Waals surface area contributed by atoms with Crippen molar-refractivity contribution in [3.8, 4) is 0 Å². The second-order valence-electron chi connectivity index (χ2n) is 5.50. The zero-order chi connectivity index (χ0) is 14.2. The van der Waals surface area contributed by atoms with Gasteiger partial charge in [-0.15, -0.1) is 0 Å². The number of benzene rings is 1. The van der Waals surface area contributed by atoms with Crippen molar-refractivity contribution in [1.82, 2.24) is 0 Å². The van der Waals surface area contributed by atoms with Gasteiger partial charge in [0.2, 0.25) is 0 Å². The molecule has 1 aromatic rings. The molecule has 1 aromatic carbocycles. The molecule has 1 fully saturated rings. The normalized spacial score (nSPS) is 17.6. The van der Waals surface area contributed by atoms with Crippen molar-refractivity contribution in [2.24, 2.45) is 5.92 Å². The smallest absolute Gasteiger partial charge is 0.259 e. The zero-order valence-electron chi connectivity index (χ0n) is 11.8. The molecule has 1 saturated carbocycles. The third-order valence-electron chi connectivity index (χ3n) is 3.93. The Bertz CT molecular complexity index is 416. The molecule has 1 aliphatic carbocycles. The first-order valence-corrected chi connectivity index (χ1v) is 8.56. The summed E-state index contributed by atoms with van der Waals surface area (Å²) in [6, 6.07) is 7.46. The minimum Gasteiger partial charge on any atom is -0.385 e. The van der Waals surface area contributed by atoms with E-state index < -0.39 is 11.3 Å². The van der Waals surface area contributed by atoms with E-state index in [1.807, 2.05) is 12.1 Å². The summed E-state index contributed by atoms with van der Waals surface area (Å²) in [6.45, 7) is 0.995. The molecular weight excluding hydrogens is 272 g/mol. The summed E-state index contributed by atoms with van der Waals surface area (Å²) >= 11 is -2.00. The Balaban J connectivity index is 1.64. The highest BCUT2D eigenvalue weighted by atomic mass is 32.2. The molecule has 1 unspecified atom stereocenters. The van der Waals surface area contributed by atoms with Gasteiger partial charge in [-0.2, -0.15) is 0 Å². The molecule has 2 rings (SSSR count). The molecule has 20 heavy (non-hydrogen) atoms. The lowest BCUT2D eigenvalue weighted by Gasteiger charge is -2.21. The Morgan fingerprint density at radius 3 is 2.40 bits per heavy atom. The van der Waals surface area contributed by atoms with Gasteiger partial charge in [0, 0.05) is 17.9 Å². The Morgan fingerprint density at radius 1 is 1.10 bits per heavy atom. The highest BCUT2D eigenvalue weighted by Gasteiger charge is 2.12. The molecule has 0 amide bonds. The van der Waals surface area contributed by atoms with Gasteiger partial charge in [-0.05, 0) is 43.0 Å². The molecule has 0 saturated heterocycles. The van der Waals surface area contributed by atoms with Gasteiger partial charge in [0.15, 0.2) is 0 Å². The van der Waals surface area contributed by atoms with Crippen molar-refractivity contribution in [2.45, 2.75) is 44.9 Å². The number of nitrogens with one attached hydrogen (secondary N) is 2. The Kier molecular flexibility index (Phi) is 6.33. The number of anilines is 2. The van der Waals surface area contributed by atoms with Gasteiger partial charge in [0.05, 0.1) is 0 Å². The molecule has 0 radical (unpaired) electrons. The summed E-state index contributed by atoms with van der Waals surface area (Å²) < 4.78 is 21.8. The third-order valence-corrected chi connectivity index (χ3v) is 4.34. The van der Waals surface area contributed by atoms with Crippen LogP contribution in [0.15, 0.2) is 24.3 Å². The fraction of sp³-hybridized carbons (Fsp3) is 0.600. The summed E-state index contributed by atoms with van der Waals surface area (Å²) in [7, 11) is 0. The van der Waals surface area contributed by atoms with Gasteiger partial charge in [-0.1, -0.05) is 32.1 Å².